The molecule has 8 nitrogen and oxygen atoms in total. The molecule has 0 spiro atoms. The van der Waals surface area contributed by atoms with Gasteiger partial charge in [-0.1, -0.05) is 42.5 Å². The molecule has 2 aliphatic heterocycles. The maximum atomic E-state index is 13.9. The molecular formula is C32H34FN5O3. The fraction of sp³-hybridized carbons (Fsp3) is 0.375. The van der Waals surface area contributed by atoms with Gasteiger partial charge in [0.2, 0.25) is 5.91 Å². The van der Waals surface area contributed by atoms with E-state index >= 15 is 0 Å². The van der Waals surface area contributed by atoms with E-state index in [4.69, 9.17) is 0 Å². The first-order chi connectivity index (χ1) is 19.9. The molecule has 2 atom stereocenters. The van der Waals surface area contributed by atoms with Crippen molar-refractivity contribution in [3.63, 3.8) is 0 Å². The molecule has 0 saturated carbocycles. The van der Waals surface area contributed by atoms with E-state index in [2.05, 4.69) is 27.0 Å². The van der Waals surface area contributed by atoms with Crippen LogP contribution in [0.4, 0.5) is 4.39 Å². The number of hydrogen-bond donors (Lipinski definition) is 1. The Morgan fingerprint density at radius 3 is 2.59 bits per heavy atom. The van der Waals surface area contributed by atoms with Crippen LogP contribution in [0.3, 0.4) is 0 Å². The number of fused-ring (bicyclic) bond motifs is 1. The number of amides is 1. The van der Waals surface area contributed by atoms with Gasteiger partial charge in [-0.3, -0.25) is 19.1 Å². The molecule has 2 saturated heterocycles. The molecule has 1 amide bonds. The molecule has 4 heterocycles. The van der Waals surface area contributed by atoms with Crippen molar-refractivity contribution in [2.45, 2.75) is 43.9 Å². The molecule has 0 aliphatic carbocycles. The van der Waals surface area contributed by atoms with Gasteiger partial charge in [0, 0.05) is 44.2 Å². The topological polar surface area (TPSA) is 91.6 Å². The van der Waals surface area contributed by atoms with Crippen molar-refractivity contribution >= 4 is 16.9 Å². The molecule has 41 heavy (non-hydrogen) atoms. The molecular weight excluding hydrogens is 521 g/mol. The van der Waals surface area contributed by atoms with E-state index in [-0.39, 0.29) is 41.2 Å². The first-order valence-corrected chi connectivity index (χ1v) is 14.2. The van der Waals surface area contributed by atoms with Crippen LogP contribution in [0.5, 0.6) is 0 Å². The van der Waals surface area contributed by atoms with Gasteiger partial charge < -0.3 is 10.0 Å². The zero-order valence-electron chi connectivity index (χ0n) is 22.9. The highest BCUT2D eigenvalue weighted by molar-refractivity contribution is 5.80. The fourth-order valence-electron chi connectivity index (χ4n) is 6.34. The summed E-state index contributed by atoms with van der Waals surface area (Å²) in [5.41, 5.74) is 1.46. The third kappa shape index (κ3) is 5.92. The van der Waals surface area contributed by atoms with Crippen molar-refractivity contribution in [3.05, 3.63) is 107 Å². The Morgan fingerprint density at radius 1 is 1.00 bits per heavy atom. The Kier molecular flexibility index (Phi) is 7.64. The molecule has 9 heteroatoms. The highest BCUT2D eigenvalue weighted by Gasteiger charge is 2.40. The molecule has 6 rings (SSSR count). The van der Waals surface area contributed by atoms with Gasteiger partial charge >= 0.3 is 0 Å². The lowest BCUT2D eigenvalue weighted by atomic mass is 9.79. The van der Waals surface area contributed by atoms with E-state index in [1.54, 1.807) is 30.5 Å². The Labute approximate surface area is 238 Å². The van der Waals surface area contributed by atoms with Crippen LogP contribution in [0.25, 0.3) is 11.0 Å². The van der Waals surface area contributed by atoms with Gasteiger partial charge in [0.25, 0.3) is 5.56 Å². The highest BCUT2D eigenvalue weighted by atomic mass is 19.1. The molecule has 4 aromatic rings. The van der Waals surface area contributed by atoms with Crippen LogP contribution in [-0.4, -0.2) is 67.1 Å². The fourth-order valence-corrected chi connectivity index (χ4v) is 6.34. The van der Waals surface area contributed by atoms with E-state index in [1.807, 2.05) is 29.2 Å². The summed E-state index contributed by atoms with van der Waals surface area (Å²) in [5, 5.41) is 11.4. The molecule has 1 N–H and O–H groups in total. The summed E-state index contributed by atoms with van der Waals surface area (Å²) in [6.45, 7) is 3.05. The molecule has 0 radical (unpaired) electrons. The summed E-state index contributed by atoms with van der Waals surface area (Å²) in [5.74, 6) is -0.289. The van der Waals surface area contributed by atoms with Crippen molar-refractivity contribution in [2.24, 2.45) is 5.92 Å². The minimum atomic E-state index is -1.11. The minimum absolute atomic E-state index is 0.0153. The largest absolute Gasteiger partial charge is 0.388 e. The lowest BCUT2D eigenvalue weighted by molar-refractivity contribution is -0.142. The number of carbonyl (C=O) groups excluding carboxylic acids is 1. The average Bonchev–Trinajstić information content (AvgIpc) is 2.99. The van der Waals surface area contributed by atoms with Crippen molar-refractivity contribution in [2.75, 3.05) is 26.2 Å². The third-order valence-corrected chi connectivity index (χ3v) is 8.59. The van der Waals surface area contributed by atoms with Crippen LogP contribution in [0.15, 0.2) is 84.0 Å². The SMILES string of the molecule is O=C([C@@H]1CCN(Cc2cccc(F)c2)C[C@H]1c1ccccc1)N1CCC(O)(Cn2cnc3cccnc3c2=O)CC1. The normalized spacial score (nSPS) is 21.2. The maximum Gasteiger partial charge on any atom is 0.279 e. The van der Waals surface area contributed by atoms with Gasteiger partial charge in [0.1, 0.15) is 5.82 Å². The number of aromatic nitrogens is 3. The molecule has 2 aromatic carbocycles. The Bertz CT molecular complexity index is 1590. The average molecular weight is 556 g/mol. The standard InChI is InChI=1S/C32H34FN5O3/c33-25-9-4-6-23(18-25)19-36-15-11-26(27(20-36)24-7-2-1-3-8-24)30(39)37-16-12-32(41,13-17-37)21-38-22-35-28-10-5-14-34-29(28)31(38)40/h1-10,14,18,22,26-27,41H,11-13,15-17,19-21H2/t26-,27+/m1/s1. The number of hydrogen-bond acceptors (Lipinski definition) is 6. The number of halogens is 1. The van der Waals surface area contributed by atoms with E-state index in [0.29, 0.717) is 51.0 Å². The summed E-state index contributed by atoms with van der Waals surface area (Å²) in [7, 11) is 0. The predicted molar refractivity (Wildman–Crippen MR) is 154 cm³/mol. The molecule has 2 aromatic heterocycles. The quantitative estimate of drug-likeness (QED) is 0.391. The number of aliphatic hydroxyl groups is 1. The summed E-state index contributed by atoms with van der Waals surface area (Å²) in [6, 6.07) is 20.3. The van der Waals surface area contributed by atoms with Crippen LogP contribution in [0.2, 0.25) is 0 Å². The summed E-state index contributed by atoms with van der Waals surface area (Å²) < 4.78 is 15.2. The van der Waals surface area contributed by atoms with Crippen molar-refractivity contribution in [1.29, 1.82) is 0 Å². The Hall–Kier alpha value is -3.95. The molecule has 0 unspecified atom stereocenters. The van der Waals surface area contributed by atoms with Crippen LogP contribution in [0.1, 0.15) is 36.3 Å². The molecule has 212 valence electrons. The molecule has 2 aliphatic rings. The Balaban J connectivity index is 1.14. The van der Waals surface area contributed by atoms with Crippen molar-refractivity contribution < 1.29 is 14.3 Å². The number of benzene rings is 2. The molecule has 0 bridgehead atoms. The second-order valence-electron chi connectivity index (χ2n) is 11.4. The van der Waals surface area contributed by atoms with E-state index in [1.165, 1.54) is 17.0 Å². The monoisotopic (exact) mass is 555 g/mol. The highest BCUT2D eigenvalue weighted by Crippen LogP contribution is 2.36. The van der Waals surface area contributed by atoms with Gasteiger partial charge in [0.15, 0.2) is 5.52 Å². The first kappa shape index (κ1) is 27.2. The summed E-state index contributed by atoms with van der Waals surface area (Å²) in [6.07, 6.45) is 4.48. The van der Waals surface area contributed by atoms with Gasteiger partial charge in [-0.25, -0.2) is 14.4 Å². The predicted octanol–water partition coefficient (Wildman–Crippen LogP) is 3.59. The smallest absolute Gasteiger partial charge is 0.279 e. The van der Waals surface area contributed by atoms with Crippen LogP contribution in [0, 0.1) is 11.7 Å². The van der Waals surface area contributed by atoms with Gasteiger partial charge in [0.05, 0.1) is 24.0 Å². The van der Waals surface area contributed by atoms with Crippen molar-refractivity contribution in [3.8, 4) is 0 Å². The zero-order valence-corrected chi connectivity index (χ0v) is 22.9. The second kappa shape index (κ2) is 11.5. The number of pyridine rings is 1. The third-order valence-electron chi connectivity index (χ3n) is 8.59. The summed E-state index contributed by atoms with van der Waals surface area (Å²) in [4.78, 5) is 39.5. The number of rotatable bonds is 6. The van der Waals surface area contributed by atoms with Crippen LogP contribution < -0.4 is 5.56 Å². The van der Waals surface area contributed by atoms with Gasteiger partial charge in [-0.05, 0) is 61.2 Å². The first-order valence-electron chi connectivity index (χ1n) is 14.2. The second-order valence-corrected chi connectivity index (χ2v) is 11.4. The number of carbonyl (C=O) groups is 1. The van der Waals surface area contributed by atoms with Crippen LogP contribution in [-0.2, 0) is 17.9 Å². The number of nitrogens with zero attached hydrogens (tertiary/aromatic N) is 5. The lowest BCUT2D eigenvalue weighted by Gasteiger charge is -2.43. The minimum Gasteiger partial charge on any atom is -0.388 e. The maximum absolute atomic E-state index is 13.9. The van der Waals surface area contributed by atoms with Crippen LogP contribution >= 0.6 is 0 Å². The van der Waals surface area contributed by atoms with Crippen molar-refractivity contribution in [1.82, 2.24) is 24.3 Å². The zero-order chi connectivity index (χ0) is 28.4. The number of likely N-dealkylation sites (tertiary alicyclic amines) is 2. The molecule has 2 fully saturated rings. The van der Waals surface area contributed by atoms with E-state index < -0.39 is 5.60 Å². The van der Waals surface area contributed by atoms with Gasteiger partial charge in [-0.2, -0.15) is 0 Å². The van der Waals surface area contributed by atoms with Gasteiger partial charge in [-0.15, -0.1) is 0 Å². The number of piperidine rings is 2. The summed E-state index contributed by atoms with van der Waals surface area (Å²) >= 11 is 0. The van der Waals surface area contributed by atoms with E-state index in [0.717, 1.165) is 17.7 Å². The lowest BCUT2D eigenvalue weighted by Crippen LogP contribution is -2.53. The van der Waals surface area contributed by atoms with E-state index in [9.17, 15) is 19.1 Å². The Morgan fingerprint density at radius 2 is 1.80 bits per heavy atom.